The fourth-order valence-electron chi connectivity index (χ4n) is 10.6. The molecular weight excluding hydrogens is 871 g/mol. The number of aliphatic hydroxyl groups excluding tert-OH is 1. The van der Waals surface area contributed by atoms with Crippen molar-refractivity contribution >= 4 is 29.7 Å². The van der Waals surface area contributed by atoms with Gasteiger partial charge in [-0.2, -0.15) is 0 Å². The molecule has 3 fully saturated rings. The number of piperidine rings is 1. The van der Waals surface area contributed by atoms with E-state index in [9.17, 15) is 34.2 Å². The number of amides is 1. The zero-order chi connectivity index (χ0) is 50.3. The van der Waals surface area contributed by atoms with Gasteiger partial charge in [0.1, 0.15) is 30.6 Å². The number of aldehydes is 1. The molecule has 0 aromatic carbocycles. The van der Waals surface area contributed by atoms with Crippen LogP contribution in [-0.2, 0) is 52.4 Å². The SMILES string of the molecule is CO[C@H]1C[C@@H]2CC[C@@H](C)[C@@](O)(O2)C(=O)C(=O)N2CCCC[C@H]2C(=O)O[C@H](CC[C@@H]2CC[C@@H](OC(C)C)[C@H](OC)C2)C[C@H](C=O)[C@H](C)/C=C(\C)[C@@H](O)[C@@H](OC)C(=O)[C@H](C)C[C@H](C)/C=C/C=C/C=C/1C. The van der Waals surface area contributed by atoms with Gasteiger partial charge in [-0.1, -0.05) is 64.2 Å². The lowest BCUT2D eigenvalue weighted by Crippen LogP contribution is -2.60. The summed E-state index contributed by atoms with van der Waals surface area (Å²) in [5.41, 5.74) is 1.36. The summed E-state index contributed by atoms with van der Waals surface area (Å²) in [5.74, 6) is -7.37. The summed E-state index contributed by atoms with van der Waals surface area (Å²) < 4.78 is 36.0. The zero-order valence-corrected chi connectivity index (χ0v) is 42.9. The van der Waals surface area contributed by atoms with E-state index in [-0.39, 0.29) is 55.3 Å². The largest absolute Gasteiger partial charge is 0.461 e. The fraction of sp³-hybridized carbons (Fsp3) is 0.759. The number of allylic oxidation sites excluding steroid dienone is 6. The lowest BCUT2D eigenvalue weighted by atomic mass is 9.80. The summed E-state index contributed by atoms with van der Waals surface area (Å²) >= 11 is 0. The highest BCUT2D eigenvalue weighted by atomic mass is 16.6. The van der Waals surface area contributed by atoms with Crippen LogP contribution in [0.2, 0.25) is 0 Å². The van der Waals surface area contributed by atoms with Crippen LogP contribution in [0.25, 0.3) is 0 Å². The second kappa shape index (κ2) is 27.3. The van der Waals surface area contributed by atoms with Crippen molar-refractivity contribution in [3.8, 4) is 0 Å². The summed E-state index contributed by atoms with van der Waals surface area (Å²) in [6.45, 7) is 15.2. The van der Waals surface area contributed by atoms with Gasteiger partial charge in [0, 0.05) is 52.0 Å². The molecule has 0 unspecified atom stereocenters. The molecule has 384 valence electrons. The minimum atomic E-state index is -2.41. The van der Waals surface area contributed by atoms with E-state index < -0.39 is 83.7 Å². The number of ether oxygens (including phenoxy) is 6. The average molecular weight is 956 g/mol. The Labute approximate surface area is 406 Å². The predicted molar refractivity (Wildman–Crippen MR) is 259 cm³/mol. The van der Waals surface area contributed by atoms with E-state index in [2.05, 4.69) is 0 Å². The molecule has 1 saturated carbocycles. The molecule has 3 heterocycles. The molecule has 1 amide bonds. The van der Waals surface area contributed by atoms with Gasteiger partial charge in [-0.25, -0.2) is 4.79 Å². The monoisotopic (exact) mass is 956 g/mol. The number of rotatable bonds is 9. The van der Waals surface area contributed by atoms with Crippen molar-refractivity contribution in [2.75, 3.05) is 27.9 Å². The quantitative estimate of drug-likeness (QED) is 0.0997. The van der Waals surface area contributed by atoms with Gasteiger partial charge in [0.05, 0.1) is 30.5 Å². The molecule has 4 rings (SSSR count). The van der Waals surface area contributed by atoms with Crippen molar-refractivity contribution in [2.24, 2.45) is 35.5 Å². The predicted octanol–water partition coefficient (Wildman–Crippen LogP) is 7.61. The van der Waals surface area contributed by atoms with Crippen LogP contribution in [0.4, 0.5) is 0 Å². The Morgan fingerprint density at radius 3 is 2.24 bits per heavy atom. The lowest BCUT2D eigenvalue weighted by Gasteiger charge is -2.42. The number of fused-ring (bicyclic) bond motifs is 3. The Kier molecular flexibility index (Phi) is 23.0. The molecule has 2 saturated heterocycles. The Morgan fingerprint density at radius 1 is 0.838 bits per heavy atom. The molecule has 0 aromatic heterocycles. The first-order valence-electron chi connectivity index (χ1n) is 25.3. The molecule has 2 bridgehead atoms. The van der Waals surface area contributed by atoms with Gasteiger partial charge in [-0.05, 0) is 134 Å². The lowest BCUT2D eigenvalue weighted by molar-refractivity contribution is -0.265. The number of nitrogens with zero attached hydrogens (tertiary/aromatic N) is 1. The average Bonchev–Trinajstić information content (AvgIpc) is 3.31. The standard InChI is InChI=1S/C54H85NO13/c1-33(2)66-45-25-22-40(29-47(45)64-10)21-24-42-30-41(32-56)36(5)28-38(7)49(58)50(65-11)48(57)37(6)27-34(3)17-13-12-14-18-35(4)46(63-9)31-43-23-20-39(8)54(62,68-43)51(59)52(60)55-26-16-15-19-44(55)53(61)67-42/h12-14,17-18,28,32-34,36-37,39-47,49-50,58,62H,15-16,19-27,29-31H2,1-11H3/b14-12+,17-13+,35-18+,38-28+/t34-,36-,37-,39-,40-,41-,42-,43+,44+,45-,46+,47-,49-,50+,54-/m1/s1. The second-order valence-corrected chi connectivity index (χ2v) is 20.6. The molecule has 1 aliphatic carbocycles. The third-order valence-electron chi connectivity index (χ3n) is 15.0. The number of Topliss-reactive ketones (excluding diaryl/α,β-unsaturated/α-hetero) is 2. The number of esters is 1. The minimum Gasteiger partial charge on any atom is -0.461 e. The Balaban J connectivity index is 1.70. The molecule has 14 nitrogen and oxygen atoms in total. The maximum absolute atomic E-state index is 14.4. The molecule has 15 atom stereocenters. The van der Waals surface area contributed by atoms with Crippen molar-refractivity contribution in [1.82, 2.24) is 4.90 Å². The van der Waals surface area contributed by atoms with Gasteiger partial charge in [-0.3, -0.25) is 14.4 Å². The topological polar surface area (TPSA) is 184 Å². The van der Waals surface area contributed by atoms with E-state index in [0.717, 1.165) is 31.1 Å². The number of aliphatic hydroxyl groups is 2. The Bertz CT molecular complexity index is 1790. The highest BCUT2D eigenvalue weighted by molar-refractivity contribution is 6.39. The number of ketones is 2. The van der Waals surface area contributed by atoms with Crippen molar-refractivity contribution < 1.29 is 62.6 Å². The maximum Gasteiger partial charge on any atom is 0.329 e. The molecule has 14 heteroatoms. The molecule has 0 spiro atoms. The summed E-state index contributed by atoms with van der Waals surface area (Å²) in [6.07, 6.45) is 15.0. The van der Waals surface area contributed by atoms with Crippen LogP contribution in [0.1, 0.15) is 139 Å². The van der Waals surface area contributed by atoms with E-state index in [1.807, 2.05) is 71.9 Å². The maximum atomic E-state index is 14.4. The van der Waals surface area contributed by atoms with E-state index in [1.165, 1.54) is 12.0 Å². The highest BCUT2D eigenvalue weighted by Crippen LogP contribution is 2.38. The van der Waals surface area contributed by atoms with Crippen molar-refractivity contribution in [1.29, 1.82) is 0 Å². The third-order valence-corrected chi connectivity index (χ3v) is 15.0. The number of hydrogen-bond donors (Lipinski definition) is 2. The summed E-state index contributed by atoms with van der Waals surface area (Å²) in [5, 5.41) is 23.5. The molecule has 4 aliphatic rings. The number of carbonyl (C=O) groups excluding carboxylic acids is 5. The number of cyclic esters (lactones) is 1. The van der Waals surface area contributed by atoms with E-state index in [0.29, 0.717) is 56.9 Å². The summed E-state index contributed by atoms with van der Waals surface area (Å²) in [6, 6.07) is -1.09. The third kappa shape index (κ3) is 15.6. The molecule has 0 aromatic rings. The van der Waals surface area contributed by atoms with Crippen molar-refractivity contribution in [2.45, 2.75) is 200 Å². The normalized spacial score (nSPS) is 39.8. The van der Waals surface area contributed by atoms with Crippen molar-refractivity contribution in [3.63, 3.8) is 0 Å². The van der Waals surface area contributed by atoms with E-state index in [1.54, 1.807) is 34.1 Å². The van der Waals surface area contributed by atoms with Crippen LogP contribution in [-0.4, -0.2) is 133 Å². The van der Waals surface area contributed by atoms with Gasteiger partial charge in [0.15, 0.2) is 5.78 Å². The van der Waals surface area contributed by atoms with Gasteiger partial charge < -0.3 is 48.3 Å². The molecule has 2 N–H and O–H groups in total. The van der Waals surface area contributed by atoms with Crippen LogP contribution < -0.4 is 0 Å². The molecular formula is C54H85NO13. The van der Waals surface area contributed by atoms with E-state index in [4.69, 9.17) is 28.4 Å². The first-order chi connectivity index (χ1) is 32.3. The Morgan fingerprint density at radius 2 is 1.57 bits per heavy atom. The summed E-state index contributed by atoms with van der Waals surface area (Å²) in [4.78, 5) is 71.0. The number of carbonyl (C=O) groups is 5. The van der Waals surface area contributed by atoms with Crippen molar-refractivity contribution in [3.05, 3.63) is 47.6 Å². The number of hydrogen-bond acceptors (Lipinski definition) is 13. The zero-order valence-electron chi connectivity index (χ0n) is 42.9. The summed E-state index contributed by atoms with van der Waals surface area (Å²) in [7, 11) is 4.68. The van der Waals surface area contributed by atoms with Gasteiger partial charge in [0.2, 0.25) is 5.79 Å². The number of methoxy groups -OCH3 is 3. The van der Waals surface area contributed by atoms with Gasteiger partial charge >= 0.3 is 5.97 Å². The molecule has 3 aliphatic heterocycles. The smallest absolute Gasteiger partial charge is 0.329 e. The molecule has 0 radical (unpaired) electrons. The van der Waals surface area contributed by atoms with Crippen LogP contribution in [0, 0.1) is 35.5 Å². The van der Waals surface area contributed by atoms with Crippen LogP contribution in [0.5, 0.6) is 0 Å². The van der Waals surface area contributed by atoms with E-state index >= 15 is 0 Å². The molecule has 68 heavy (non-hydrogen) atoms. The first kappa shape index (κ1) is 57.2. The van der Waals surface area contributed by atoms with Crippen LogP contribution in [0.3, 0.4) is 0 Å². The van der Waals surface area contributed by atoms with Gasteiger partial charge in [0.25, 0.3) is 11.7 Å². The minimum absolute atomic E-state index is 0.0262. The highest BCUT2D eigenvalue weighted by Gasteiger charge is 2.53. The fourth-order valence-corrected chi connectivity index (χ4v) is 10.6. The van der Waals surface area contributed by atoms with Crippen LogP contribution >= 0.6 is 0 Å². The van der Waals surface area contributed by atoms with Crippen LogP contribution in [0.15, 0.2) is 47.6 Å². The Hall–Kier alpha value is -3.37. The van der Waals surface area contributed by atoms with Gasteiger partial charge in [-0.15, -0.1) is 0 Å². The first-order valence-corrected chi connectivity index (χ1v) is 25.3. The second-order valence-electron chi connectivity index (χ2n) is 20.6.